The van der Waals surface area contributed by atoms with Gasteiger partial charge in [-0.25, -0.2) is 4.79 Å². The van der Waals surface area contributed by atoms with Crippen molar-refractivity contribution in [3.05, 3.63) is 106 Å². The minimum Gasteiger partial charge on any atom is -0.506 e. The summed E-state index contributed by atoms with van der Waals surface area (Å²) in [6, 6.07) is 19.2. The van der Waals surface area contributed by atoms with Gasteiger partial charge in [0, 0.05) is 66.1 Å². The molecule has 11 nitrogen and oxygen atoms in total. The van der Waals surface area contributed by atoms with Crippen LogP contribution in [0.15, 0.2) is 73.1 Å². The Hall–Kier alpha value is -5.94. The largest absolute Gasteiger partial charge is 0.506 e. The summed E-state index contributed by atoms with van der Waals surface area (Å²) in [5.74, 6) is -1.03. The zero-order chi connectivity index (χ0) is 37.4. The highest BCUT2D eigenvalue weighted by Crippen LogP contribution is 2.47. The third-order valence-corrected chi connectivity index (χ3v) is 11.8. The molecular formula is C42H38ClN5O6. The number of hydrogen-bond acceptors (Lipinski definition) is 6. The number of hydrogen-bond donors (Lipinski definition) is 4. The van der Waals surface area contributed by atoms with E-state index in [9.17, 15) is 24.6 Å². The Morgan fingerprint density at radius 3 is 2.06 bits per heavy atom. The normalized spacial score (nSPS) is 15.8. The second-order valence-electron chi connectivity index (χ2n) is 14.5. The van der Waals surface area contributed by atoms with Crippen LogP contribution in [0.5, 0.6) is 11.5 Å². The van der Waals surface area contributed by atoms with E-state index in [1.54, 1.807) is 17.0 Å². The first kappa shape index (κ1) is 33.9. The van der Waals surface area contributed by atoms with Crippen molar-refractivity contribution in [3.8, 4) is 22.6 Å². The summed E-state index contributed by atoms with van der Waals surface area (Å²) < 4.78 is 6.01. The molecular weight excluding hydrogens is 706 g/mol. The van der Waals surface area contributed by atoms with Crippen LogP contribution in [0.4, 0.5) is 16.2 Å². The molecule has 1 atom stereocenters. The van der Waals surface area contributed by atoms with Crippen LogP contribution < -0.4 is 9.80 Å². The molecule has 54 heavy (non-hydrogen) atoms. The van der Waals surface area contributed by atoms with Crippen LogP contribution in [-0.4, -0.2) is 81.7 Å². The monoisotopic (exact) mass is 743 g/mol. The Labute approximate surface area is 315 Å². The summed E-state index contributed by atoms with van der Waals surface area (Å²) in [6.07, 6.45) is 3.41. The number of H-pyrrole nitrogens is 2. The topological polar surface area (TPSA) is 142 Å². The number of anilines is 2. The number of nitrogens with one attached hydrogen (secondary N) is 2. The van der Waals surface area contributed by atoms with Crippen molar-refractivity contribution in [2.75, 3.05) is 48.5 Å². The highest BCUT2D eigenvalue weighted by atomic mass is 35.5. The third kappa shape index (κ3) is 5.20. The molecule has 6 aromatic rings. The van der Waals surface area contributed by atoms with Gasteiger partial charge in [-0.05, 0) is 64.8 Å². The highest BCUT2D eigenvalue weighted by molar-refractivity contribution is 6.19. The number of aryl methyl sites for hydroxylation is 2. The van der Waals surface area contributed by atoms with Gasteiger partial charge in [0.2, 0.25) is 11.8 Å². The number of aromatic nitrogens is 2. The smallest absolute Gasteiger partial charge is 0.410 e. The van der Waals surface area contributed by atoms with Gasteiger partial charge in [-0.3, -0.25) is 14.5 Å². The fraction of sp³-hybridized carbons (Fsp3) is 0.262. The van der Waals surface area contributed by atoms with Crippen LogP contribution in [0, 0.1) is 13.8 Å². The molecule has 2 aromatic heterocycles. The lowest BCUT2D eigenvalue weighted by atomic mass is 9.97. The van der Waals surface area contributed by atoms with Gasteiger partial charge >= 0.3 is 6.09 Å². The molecule has 274 valence electrons. The maximum absolute atomic E-state index is 14.3. The molecule has 1 aliphatic carbocycles. The number of aromatic amines is 2. The first-order valence-electron chi connectivity index (χ1n) is 18.1. The molecule has 0 saturated carbocycles. The molecule has 2 aliphatic heterocycles. The number of carbonyl (C=O) groups is 3. The van der Waals surface area contributed by atoms with Crippen molar-refractivity contribution in [1.82, 2.24) is 14.9 Å². The number of nitrogens with zero attached hydrogens (tertiary/aromatic N) is 3. The molecule has 0 fully saturated rings. The van der Waals surface area contributed by atoms with Crippen molar-refractivity contribution in [3.63, 3.8) is 0 Å². The predicted octanol–water partition coefficient (Wildman–Crippen LogP) is 7.19. The number of halogens is 1. The summed E-state index contributed by atoms with van der Waals surface area (Å²) in [5, 5.41) is 23.5. The SMILES string of the molecule is Cc1c[nH]c2c(O)cc3c(c12)CCN3C(=O)CN(CC(=O)N1CC(CCl)c2c1cc(O)c1[nH]cc(C)c21)C(=O)OCC1c2ccccc2-c2ccccc21. The number of fused-ring (bicyclic) bond motifs is 9. The van der Waals surface area contributed by atoms with Crippen LogP contribution in [0.1, 0.15) is 45.2 Å². The lowest BCUT2D eigenvalue weighted by Crippen LogP contribution is -2.48. The summed E-state index contributed by atoms with van der Waals surface area (Å²) in [7, 11) is 0. The van der Waals surface area contributed by atoms with Gasteiger partial charge < -0.3 is 34.7 Å². The standard InChI is InChI=1S/C42H38ClN5O6/c1-22-16-44-40-33(49)13-31-29(37(22)40)11-12-47(31)35(51)19-46(42(53)54-21-30-27-9-5-3-7-25(27)26-8-4-6-10-28(26)30)20-36(52)48-18-24(15-43)39-32(48)14-34(50)41-38(39)23(2)17-45-41/h3-10,13-14,16-17,24,30,44-45,49-50H,11-12,15,18-21H2,1-2H3. The fourth-order valence-electron chi connectivity index (χ4n) is 8.88. The maximum atomic E-state index is 14.3. The van der Waals surface area contributed by atoms with Gasteiger partial charge in [-0.2, -0.15) is 0 Å². The van der Waals surface area contributed by atoms with Gasteiger partial charge in [0.05, 0.1) is 22.4 Å². The molecule has 12 heteroatoms. The van der Waals surface area contributed by atoms with E-state index >= 15 is 0 Å². The van der Waals surface area contributed by atoms with Gasteiger partial charge in [-0.1, -0.05) is 48.5 Å². The molecule has 0 saturated heterocycles. The Morgan fingerprint density at radius 2 is 1.41 bits per heavy atom. The zero-order valence-corrected chi connectivity index (χ0v) is 30.5. The number of phenols is 2. The number of benzene rings is 4. The van der Waals surface area contributed by atoms with Crippen LogP contribution >= 0.6 is 11.6 Å². The zero-order valence-electron chi connectivity index (χ0n) is 29.8. The molecule has 0 bridgehead atoms. The maximum Gasteiger partial charge on any atom is 0.410 e. The van der Waals surface area contributed by atoms with Crippen LogP contribution in [-0.2, 0) is 20.7 Å². The fourth-order valence-corrected chi connectivity index (χ4v) is 9.13. The van der Waals surface area contributed by atoms with Gasteiger partial charge in [0.15, 0.2) is 0 Å². The van der Waals surface area contributed by atoms with Crippen LogP contribution in [0.3, 0.4) is 0 Å². The number of aromatic hydroxyl groups is 2. The van der Waals surface area contributed by atoms with Gasteiger partial charge in [0.25, 0.3) is 0 Å². The highest BCUT2D eigenvalue weighted by Gasteiger charge is 2.38. The van der Waals surface area contributed by atoms with Gasteiger partial charge in [0.1, 0.15) is 31.2 Å². The van der Waals surface area contributed by atoms with E-state index in [1.165, 1.54) is 4.90 Å². The van der Waals surface area contributed by atoms with Crippen molar-refractivity contribution in [1.29, 1.82) is 0 Å². The van der Waals surface area contributed by atoms with E-state index in [1.807, 2.05) is 62.6 Å². The Balaban J connectivity index is 1.02. The van der Waals surface area contributed by atoms with Crippen LogP contribution in [0.2, 0.25) is 0 Å². The lowest BCUT2D eigenvalue weighted by molar-refractivity contribution is -0.122. The number of ether oxygens (including phenoxy) is 1. The predicted molar refractivity (Wildman–Crippen MR) is 208 cm³/mol. The minimum absolute atomic E-state index is 0.00356. The molecule has 0 radical (unpaired) electrons. The van der Waals surface area contributed by atoms with E-state index in [-0.39, 0.29) is 42.4 Å². The number of phenolic OH excluding ortho intramolecular Hbond substituents is 2. The molecule has 3 amide bonds. The molecule has 3 aliphatic rings. The van der Waals surface area contributed by atoms with Crippen LogP contribution in [0.25, 0.3) is 32.9 Å². The van der Waals surface area contributed by atoms with Crippen molar-refractivity contribution < 1.29 is 29.3 Å². The number of alkyl halides is 1. The average Bonchev–Trinajstić information content (AvgIpc) is 3.99. The molecule has 4 aromatic carbocycles. The molecule has 9 rings (SSSR count). The van der Waals surface area contributed by atoms with E-state index in [0.29, 0.717) is 35.4 Å². The second kappa shape index (κ2) is 12.9. The lowest BCUT2D eigenvalue weighted by Gasteiger charge is -2.27. The average molecular weight is 744 g/mol. The molecule has 4 N–H and O–H groups in total. The third-order valence-electron chi connectivity index (χ3n) is 11.4. The Kier molecular flexibility index (Phi) is 8.07. The van der Waals surface area contributed by atoms with Crippen molar-refractivity contribution in [2.24, 2.45) is 0 Å². The summed E-state index contributed by atoms with van der Waals surface area (Å²) in [5.41, 5.74) is 10.2. The minimum atomic E-state index is -0.800. The van der Waals surface area contributed by atoms with E-state index in [0.717, 1.165) is 60.2 Å². The summed E-state index contributed by atoms with van der Waals surface area (Å²) in [6.45, 7) is 3.59. The molecule has 4 heterocycles. The van der Waals surface area contributed by atoms with Gasteiger partial charge in [-0.15, -0.1) is 11.6 Å². The number of rotatable bonds is 7. The molecule has 1 unspecified atom stereocenters. The van der Waals surface area contributed by atoms with E-state index < -0.39 is 31.0 Å². The number of carbonyl (C=O) groups excluding carboxylic acids is 3. The first-order valence-corrected chi connectivity index (χ1v) is 18.6. The van der Waals surface area contributed by atoms with E-state index in [4.69, 9.17) is 16.3 Å². The van der Waals surface area contributed by atoms with Crippen molar-refractivity contribution in [2.45, 2.75) is 32.1 Å². The first-order chi connectivity index (χ1) is 26.1. The molecule has 0 spiro atoms. The quantitative estimate of drug-likeness (QED) is 0.128. The second-order valence-corrected chi connectivity index (χ2v) is 14.8. The van der Waals surface area contributed by atoms with Crippen molar-refractivity contribution >= 4 is 62.7 Å². The Morgan fingerprint density at radius 1 is 0.833 bits per heavy atom. The summed E-state index contributed by atoms with van der Waals surface area (Å²) >= 11 is 6.46. The number of amides is 3. The van der Waals surface area contributed by atoms with E-state index in [2.05, 4.69) is 22.1 Å². The Bertz CT molecular complexity index is 2490. The summed E-state index contributed by atoms with van der Waals surface area (Å²) in [4.78, 5) is 53.2.